The van der Waals surface area contributed by atoms with E-state index in [9.17, 15) is 13.2 Å². The van der Waals surface area contributed by atoms with E-state index >= 15 is 0 Å². The Morgan fingerprint density at radius 3 is 2.44 bits per heavy atom. The summed E-state index contributed by atoms with van der Waals surface area (Å²) in [6, 6.07) is 13.2. The van der Waals surface area contributed by atoms with E-state index in [1.54, 1.807) is 5.38 Å². The van der Waals surface area contributed by atoms with E-state index in [2.05, 4.69) is 10.3 Å². The van der Waals surface area contributed by atoms with Crippen LogP contribution in [0.4, 0.5) is 5.69 Å². The molecule has 0 fully saturated rings. The van der Waals surface area contributed by atoms with Gasteiger partial charge in [0.05, 0.1) is 4.90 Å². The molecule has 0 bridgehead atoms. The summed E-state index contributed by atoms with van der Waals surface area (Å²) in [4.78, 5) is 16.5. The third-order valence-corrected chi connectivity index (χ3v) is 5.36. The van der Waals surface area contributed by atoms with E-state index in [-0.39, 0.29) is 17.2 Å². The number of aryl methyl sites for hydroxylation is 1. The number of ether oxygens (including phenoxy) is 1. The third kappa shape index (κ3) is 5.13. The number of nitrogens with two attached hydrogens (primary N) is 1. The summed E-state index contributed by atoms with van der Waals surface area (Å²) in [5.41, 5.74) is 1.85. The van der Waals surface area contributed by atoms with Crippen molar-refractivity contribution in [3.8, 4) is 5.75 Å². The van der Waals surface area contributed by atoms with E-state index in [1.807, 2.05) is 31.2 Å². The molecule has 3 N–H and O–H groups in total. The van der Waals surface area contributed by atoms with E-state index in [4.69, 9.17) is 9.88 Å². The van der Waals surface area contributed by atoms with Gasteiger partial charge in [0.25, 0.3) is 5.91 Å². The van der Waals surface area contributed by atoms with Crippen molar-refractivity contribution in [2.75, 3.05) is 5.32 Å². The molecule has 27 heavy (non-hydrogen) atoms. The number of benzene rings is 2. The Kier molecular flexibility index (Phi) is 5.54. The average Bonchev–Trinajstić information content (AvgIpc) is 3.10. The number of carbonyl (C=O) groups excluding carboxylic acids is 1. The second kappa shape index (κ2) is 7.87. The highest BCUT2D eigenvalue weighted by Crippen LogP contribution is 2.18. The van der Waals surface area contributed by atoms with Crippen molar-refractivity contribution in [2.24, 2.45) is 5.14 Å². The Bertz CT molecular complexity index is 1040. The van der Waals surface area contributed by atoms with Gasteiger partial charge in [-0.1, -0.05) is 17.7 Å². The lowest BCUT2D eigenvalue weighted by Gasteiger charge is -2.05. The number of nitrogens with one attached hydrogen (secondary N) is 1. The zero-order valence-electron chi connectivity index (χ0n) is 14.4. The molecular formula is C18H17N3O4S2. The molecule has 0 unspecified atom stereocenters. The van der Waals surface area contributed by atoms with Crippen molar-refractivity contribution >= 4 is 33.0 Å². The first kappa shape index (κ1) is 19.0. The Morgan fingerprint density at radius 2 is 1.81 bits per heavy atom. The molecule has 0 saturated heterocycles. The summed E-state index contributed by atoms with van der Waals surface area (Å²) in [6.07, 6.45) is 0. The number of nitrogens with zero attached hydrogens (tertiary/aromatic N) is 1. The highest BCUT2D eigenvalue weighted by Gasteiger charge is 2.13. The van der Waals surface area contributed by atoms with E-state index in [0.717, 1.165) is 11.3 Å². The summed E-state index contributed by atoms with van der Waals surface area (Å²) in [7, 11) is -3.77. The topological polar surface area (TPSA) is 111 Å². The number of anilines is 1. The van der Waals surface area contributed by atoms with Crippen LogP contribution >= 0.6 is 11.3 Å². The number of primary sulfonamides is 1. The molecule has 1 aromatic heterocycles. The van der Waals surface area contributed by atoms with Crippen LogP contribution in [0.5, 0.6) is 5.75 Å². The molecule has 0 atom stereocenters. The molecule has 140 valence electrons. The first-order valence-electron chi connectivity index (χ1n) is 7.89. The highest BCUT2D eigenvalue weighted by molar-refractivity contribution is 7.89. The Labute approximate surface area is 160 Å². The van der Waals surface area contributed by atoms with Gasteiger partial charge in [-0.3, -0.25) is 4.79 Å². The standard InChI is InChI=1S/C18H17N3O4S2/c1-12-2-6-14(7-3-12)25-10-17-21-16(11-26-17)18(22)20-13-4-8-15(9-5-13)27(19,23)24/h2-9,11H,10H2,1H3,(H,20,22)(H2,19,23,24). The molecule has 1 heterocycles. The predicted molar refractivity (Wildman–Crippen MR) is 103 cm³/mol. The first-order chi connectivity index (χ1) is 12.8. The molecule has 3 rings (SSSR count). The number of rotatable bonds is 6. The zero-order valence-corrected chi connectivity index (χ0v) is 16.0. The van der Waals surface area contributed by atoms with Crippen LogP contribution in [0.1, 0.15) is 21.1 Å². The second-order valence-corrected chi connectivity index (χ2v) is 8.26. The fraction of sp³-hybridized carbons (Fsp3) is 0.111. The molecule has 0 aliphatic carbocycles. The number of aromatic nitrogens is 1. The summed E-state index contributed by atoms with van der Waals surface area (Å²) in [5, 5.41) is 10.0. The van der Waals surface area contributed by atoms with Gasteiger partial charge in [0.15, 0.2) is 0 Å². The lowest BCUT2D eigenvalue weighted by atomic mass is 10.2. The molecule has 9 heteroatoms. The minimum absolute atomic E-state index is 0.0234. The first-order valence-corrected chi connectivity index (χ1v) is 10.3. The van der Waals surface area contributed by atoms with Gasteiger partial charge in [0.1, 0.15) is 23.1 Å². The molecule has 3 aromatic rings. The van der Waals surface area contributed by atoms with Crippen LogP contribution in [0.15, 0.2) is 58.8 Å². The van der Waals surface area contributed by atoms with Crippen LogP contribution in [0.25, 0.3) is 0 Å². The molecule has 0 radical (unpaired) electrons. The monoisotopic (exact) mass is 403 g/mol. The lowest BCUT2D eigenvalue weighted by Crippen LogP contribution is -2.14. The number of hydrogen-bond donors (Lipinski definition) is 2. The van der Waals surface area contributed by atoms with Crippen LogP contribution in [0, 0.1) is 6.92 Å². The quantitative estimate of drug-likeness (QED) is 0.657. The van der Waals surface area contributed by atoms with Crippen molar-refractivity contribution in [3.05, 3.63) is 70.2 Å². The zero-order chi connectivity index (χ0) is 19.4. The van der Waals surface area contributed by atoms with Crippen LogP contribution < -0.4 is 15.2 Å². The van der Waals surface area contributed by atoms with Crippen LogP contribution in [-0.2, 0) is 16.6 Å². The molecule has 0 aliphatic rings. The average molecular weight is 403 g/mol. The van der Waals surface area contributed by atoms with E-state index in [1.165, 1.54) is 35.6 Å². The second-order valence-electron chi connectivity index (χ2n) is 5.75. The summed E-state index contributed by atoms with van der Waals surface area (Å²) in [5.74, 6) is 0.341. The molecule has 0 aliphatic heterocycles. The molecule has 0 saturated carbocycles. The SMILES string of the molecule is Cc1ccc(OCc2nc(C(=O)Nc3ccc(S(N)(=O)=O)cc3)cs2)cc1. The van der Waals surface area contributed by atoms with Gasteiger partial charge in [-0.05, 0) is 43.3 Å². The maximum absolute atomic E-state index is 12.3. The fourth-order valence-electron chi connectivity index (χ4n) is 2.18. The van der Waals surface area contributed by atoms with E-state index in [0.29, 0.717) is 10.7 Å². The van der Waals surface area contributed by atoms with Crippen molar-refractivity contribution < 1.29 is 17.9 Å². The molecule has 2 aromatic carbocycles. The van der Waals surface area contributed by atoms with Crippen molar-refractivity contribution in [1.29, 1.82) is 0 Å². The highest BCUT2D eigenvalue weighted by atomic mass is 32.2. The van der Waals surface area contributed by atoms with Crippen LogP contribution in [-0.4, -0.2) is 19.3 Å². The molecular weight excluding hydrogens is 386 g/mol. The number of thiazole rings is 1. The number of amides is 1. The van der Waals surface area contributed by atoms with Gasteiger partial charge in [-0.2, -0.15) is 0 Å². The number of carbonyl (C=O) groups is 1. The van der Waals surface area contributed by atoms with Crippen LogP contribution in [0.2, 0.25) is 0 Å². The normalized spacial score (nSPS) is 11.2. The van der Waals surface area contributed by atoms with Gasteiger partial charge in [-0.15, -0.1) is 11.3 Å². The summed E-state index contributed by atoms with van der Waals surface area (Å²) in [6.45, 7) is 2.27. The predicted octanol–water partition coefficient (Wildman–Crippen LogP) is 2.93. The van der Waals surface area contributed by atoms with Gasteiger partial charge >= 0.3 is 0 Å². The minimum atomic E-state index is -3.77. The van der Waals surface area contributed by atoms with Crippen molar-refractivity contribution in [1.82, 2.24) is 4.98 Å². The Morgan fingerprint density at radius 1 is 1.15 bits per heavy atom. The van der Waals surface area contributed by atoms with E-state index < -0.39 is 15.9 Å². The largest absolute Gasteiger partial charge is 0.486 e. The number of sulfonamides is 1. The van der Waals surface area contributed by atoms with Gasteiger partial charge < -0.3 is 10.1 Å². The minimum Gasteiger partial charge on any atom is -0.486 e. The molecule has 1 amide bonds. The Balaban J connectivity index is 1.60. The van der Waals surface area contributed by atoms with Crippen molar-refractivity contribution in [2.45, 2.75) is 18.4 Å². The van der Waals surface area contributed by atoms with Gasteiger partial charge in [0, 0.05) is 11.1 Å². The van der Waals surface area contributed by atoms with Gasteiger partial charge in [0.2, 0.25) is 10.0 Å². The van der Waals surface area contributed by atoms with Crippen molar-refractivity contribution in [3.63, 3.8) is 0 Å². The summed E-state index contributed by atoms with van der Waals surface area (Å²) >= 11 is 1.32. The maximum atomic E-state index is 12.3. The lowest BCUT2D eigenvalue weighted by molar-refractivity contribution is 0.102. The maximum Gasteiger partial charge on any atom is 0.275 e. The van der Waals surface area contributed by atoms with Crippen LogP contribution in [0.3, 0.4) is 0 Å². The smallest absolute Gasteiger partial charge is 0.275 e. The Hall–Kier alpha value is -2.75. The third-order valence-electron chi connectivity index (χ3n) is 3.61. The number of hydrogen-bond acceptors (Lipinski definition) is 6. The summed E-state index contributed by atoms with van der Waals surface area (Å²) < 4.78 is 28.1. The fourth-order valence-corrected chi connectivity index (χ4v) is 3.38. The molecule has 0 spiro atoms. The molecule has 7 nitrogen and oxygen atoms in total. The van der Waals surface area contributed by atoms with Gasteiger partial charge in [-0.25, -0.2) is 18.5 Å².